The topological polar surface area (TPSA) is 20.2 Å². The Kier molecular flexibility index (Phi) is 3.06. The van der Waals surface area contributed by atoms with Crippen molar-refractivity contribution in [2.45, 2.75) is 6.42 Å². The number of allylic oxidation sites excluding steroid dienone is 5. The number of hydrogen-bond donors (Lipinski definition) is 1. The molecule has 0 spiro atoms. The summed E-state index contributed by atoms with van der Waals surface area (Å²) in [6, 6.07) is 10.2. The van der Waals surface area contributed by atoms with E-state index >= 15 is 0 Å². The van der Waals surface area contributed by atoms with Crippen molar-refractivity contribution in [1.82, 2.24) is 0 Å². The van der Waals surface area contributed by atoms with Crippen LogP contribution in [-0.4, -0.2) is 5.11 Å². The molecule has 0 radical (unpaired) electrons. The van der Waals surface area contributed by atoms with E-state index in [2.05, 4.69) is 18.7 Å². The van der Waals surface area contributed by atoms with Gasteiger partial charge in [0.05, 0.1) is 0 Å². The zero-order chi connectivity index (χ0) is 11.4. The number of hydrogen-bond acceptors (Lipinski definition) is 1. The summed E-state index contributed by atoms with van der Waals surface area (Å²) < 4.78 is 0. The lowest BCUT2D eigenvalue weighted by Crippen LogP contribution is -1.89. The van der Waals surface area contributed by atoms with Crippen molar-refractivity contribution in [1.29, 1.82) is 0 Å². The van der Waals surface area contributed by atoms with Crippen LogP contribution in [0.1, 0.15) is 5.56 Å². The lowest BCUT2D eigenvalue weighted by molar-refractivity contribution is 0.426. The summed E-state index contributed by atoms with van der Waals surface area (Å²) in [6.07, 6.45) is 8.32. The van der Waals surface area contributed by atoms with E-state index in [1.807, 2.05) is 36.4 Å². The highest BCUT2D eigenvalue weighted by Gasteiger charge is 2.03. The van der Waals surface area contributed by atoms with Crippen LogP contribution in [0.15, 0.2) is 78.1 Å². The van der Waals surface area contributed by atoms with E-state index in [0.29, 0.717) is 5.57 Å². The van der Waals surface area contributed by atoms with Gasteiger partial charge in [-0.25, -0.2) is 0 Å². The minimum atomic E-state index is 0.246. The fourth-order valence-corrected chi connectivity index (χ4v) is 1.63. The second-order valence-corrected chi connectivity index (χ2v) is 3.82. The molecule has 1 N–H and O–H groups in total. The molecule has 1 aromatic rings. The third kappa shape index (κ3) is 2.51. The Morgan fingerprint density at radius 1 is 1.12 bits per heavy atom. The molecule has 16 heavy (non-hydrogen) atoms. The number of benzene rings is 1. The summed E-state index contributed by atoms with van der Waals surface area (Å²) in [7, 11) is 0. The lowest BCUT2D eigenvalue weighted by atomic mass is 10.0. The third-order valence-electron chi connectivity index (χ3n) is 2.51. The van der Waals surface area contributed by atoms with Crippen molar-refractivity contribution in [3.8, 4) is 0 Å². The zero-order valence-corrected chi connectivity index (χ0v) is 9.06. The highest BCUT2D eigenvalue weighted by Crippen LogP contribution is 2.17. The molecule has 0 saturated carbocycles. The van der Waals surface area contributed by atoms with E-state index in [0.717, 1.165) is 12.0 Å². The van der Waals surface area contributed by atoms with Gasteiger partial charge in [-0.2, -0.15) is 0 Å². The highest BCUT2D eigenvalue weighted by molar-refractivity contribution is 5.44. The van der Waals surface area contributed by atoms with Gasteiger partial charge in [0.15, 0.2) is 0 Å². The van der Waals surface area contributed by atoms with Gasteiger partial charge >= 0.3 is 0 Å². The molecular weight excluding hydrogens is 196 g/mol. The minimum Gasteiger partial charge on any atom is -0.507 e. The lowest BCUT2D eigenvalue weighted by Gasteiger charge is -2.02. The summed E-state index contributed by atoms with van der Waals surface area (Å²) in [4.78, 5) is 0. The predicted octanol–water partition coefficient (Wildman–Crippen LogP) is 3.72. The van der Waals surface area contributed by atoms with Crippen molar-refractivity contribution in [2.24, 2.45) is 0 Å². The maximum absolute atomic E-state index is 9.68. The SMILES string of the molecule is C=C1C=CC=C(Cc2ccccc2)C=C1O. The molecule has 0 bridgehead atoms. The Morgan fingerprint density at radius 2 is 1.88 bits per heavy atom. The molecule has 0 heterocycles. The largest absolute Gasteiger partial charge is 0.507 e. The monoisotopic (exact) mass is 210 g/mol. The van der Waals surface area contributed by atoms with E-state index in [9.17, 15) is 5.11 Å². The van der Waals surface area contributed by atoms with E-state index in [-0.39, 0.29) is 5.76 Å². The van der Waals surface area contributed by atoms with Crippen molar-refractivity contribution >= 4 is 0 Å². The van der Waals surface area contributed by atoms with Crippen molar-refractivity contribution in [3.05, 3.63) is 83.7 Å². The second-order valence-electron chi connectivity index (χ2n) is 3.82. The van der Waals surface area contributed by atoms with Crippen LogP contribution in [0.4, 0.5) is 0 Å². The molecule has 2 rings (SSSR count). The fourth-order valence-electron chi connectivity index (χ4n) is 1.63. The molecule has 0 fully saturated rings. The van der Waals surface area contributed by atoms with Crippen LogP contribution in [-0.2, 0) is 6.42 Å². The van der Waals surface area contributed by atoms with Gasteiger partial charge in [-0.1, -0.05) is 55.1 Å². The number of aliphatic hydroxyl groups excluding tert-OH is 1. The van der Waals surface area contributed by atoms with E-state index in [4.69, 9.17) is 0 Å². The highest BCUT2D eigenvalue weighted by atomic mass is 16.3. The number of aliphatic hydroxyl groups is 1. The predicted molar refractivity (Wildman–Crippen MR) is 67.2 cm³/mol. The van der Waals surface area contributed by atoms with Crippen LogP contribution in [0, 0.1) is 0 Å². The molecule has 0 saturated heterocycles. The summed E-state index contributed by atoms with van der Waals surface area (Å²) in [5.41, 5.74) is 2.97. The molecule has 0 aromatic heterocycles. The average Bonchev–Trinajstić information content (AvgIpc) is 2.43. The maximum Gasteiger partial charge on any atom is 0.122 e. The second kappa shape index (κ2) is 4.67. The molecule has 0 amide bonds. The van der Waals surface area contributed by atoms with Crippen molar-refractivity contribution in [2.75, 3.05) is 0 Å². The van der Waals surface area contributed by atoms with Gasteiger partial charge in [0.25, 0.3) is 0 Å². The fraction of sp³-hybridized carbons (Fsp3) is 0.0667. The first-order chi connectivity index (χ1) is 7.75. The first-order valence-corrected chi connectivity index (χ1v) is 5.27. The van der Waals surface area contributed by atoms with Gasteiger partial charge in [-0.05, 0) is 23.6 Å². The van der Waals surface area contributed by atoms with Crippen LogP contribution in [0.5, 0.6) is 0 Å². The summed E-state index contributed by atoms with van der Waals surface area (Å²) >= 11 is 0. The maximum atomic E-state index is 9.68. The molecule has 0 aliphatic heterocycles. The Hall–Kier alpha value is -2.02. The zero-order valence-electron chi connectivity index (χ0n) is 9.06. The Labute approximate surface area is 95.7 Å². The Morgan fingerprint density at radius 3 is 2.62 bits per heavy atom. The summed E-state index contributed by atoms with van der Waals surface area (Å²) in [6.45, 7) is 3.76. The van der Waals surface area contributed by atoms with Gasteiger partial charge in [-0.3, -0.25) is 0 Å². The third-order valence-corrected chi connectivity index (χ3v) is 2.51. The normalized spacial score (nSPS) is 15.4. The molecule has 0 atom stereocenters. The van der Waals surface area contributed by atoms with Crippen LogP contribution >= 0.6 is 0 Å². The van der Waals surface area contributed by atoms with Gasteiger partial charge in [0.1, 0.15) is 5.76 Å². The minimum absolute atomic E-state index is 0.246. The van der Waals surface area contributed by atoms with Crippen LogP contribution in [0.2, 0.25) is 0 Å². The standard InChI is InChI=1S/C15H14O/c1-12-6-5-9-14(11-15(12)16)10-13-7-3-2-4-8-13/h2-9,11,16H,1,10H2. The van der Waals surface area contributed by atoms with E-state index in [1.165, 1.54) is 5.56 Å². The van der Waals surface area contributed by atoms with Crippen molar-refractivity contribution in [3.63, 3.8) is 0 Å². The van der Waals surface area contributed by atoms with Crippen LogP contribution < -0.4 is 0 Å². The summed E-state index contributed by atoms with van der Waals surface area (Å²) in [5, 5.41) is 9.68. The molecule has 0 unspecified atom stereocenters. The van der Waals surface area contributed by atoms with Crippen LogP contribution in [0.3, 0.4) is 0 Å². The van der Waals surface area contributed by atoms with Crippen molar-refractivity contribution < 1.29 is 5.11 Å². The molecule has 80 valence electrons. The van der Waals surface area contributed by atoms with Gasteiger partial charge in [0.2, 0.25) is 0 Å². The first-order valence-electron chi connectivity index (χ1n) is 5.27. The molecule has 1 aliphatic carbocycles. The van der Waals surface area contributed by atoms with Crippen LogP contribution in [0.25, 0.3) is 0 Å². The van der Waals surface area contributed by atoms with Gasteiger partial charge in [-0.15, -0.1) is 0 Å². The Balaban J connectivity index is 2.20. The molecular formula is C15H14O. The smallest absolute Gasteiger partial charge is 0.122 e. The molecule has 1 nitrogen and oxygen atoms in total. The molecule has 1 aliphatic rings. The summed E-state index contributed by atoms with van der Waals surface area (Å²) in [5.74, 6) is 0.246. The quantitative estimate of drug-likeness (QED) is 0.788. The van der Waals surface area contributed by atoms with E-state index < -0.39 is 0 Å². The average molecular weight is 210 g/mol. The number of rotatable bonds is 2. The van der Waals surface area contributed by atoms with Gasteiger partial charge < -0.3 is 5.11 Å². The molecule has 1 heteroatoms. The Bertz CT molecular complexity index is 475. The molecule has 1 aromatic carbocycles. The van der Waals surface area contributed by atoms with Gasteiger partial charge in [0, 0.05) is 5.57 Å². The first kappa shape index (κ1) is 10.5. The van der Waals surface area contributed by atoms with E-state index in [1.54, 1.807) is 6.08 Å².